The molecule has 4 unspecified atom stereocenters. The summed E-state index contributed by atoms with van der Waals surface area (Å²) < 4.78 is 0. The van der Waals surface area contributed by atoms with Gasteiger partial charge in [0.1, 0.15) is 18.6 Å². The molecule has 0 aromatic carbocycles. The lowest BCUT2D eigenvalue weighted by atomic mass is 9.97. The predicted molar refractivity (Wildman–Crippen MR) is 115 cm³/mol. The molecule has 1 rings (SSSR count). The minimum atomic E-state index is -1.20. The first-order chi connectivity index (χ1) is 14.6. The van der Waals surface area contributed by atoms with E-state index in [0.29, 0.717) is 19.3 Å². The third-order valence-corrected chi connectivity index (χ3v) is 5.16. The Hall–Kier alpha value is -2.89. The van der Waals surface area contributed by atoms with Gasteiger partial charge in [0.15, 0.2) is 5.96 Å². The van der Waals surface area contributed by atoms with Crippen molar-refractivity contribution in [3.63, 3.8) is 0 Å². The van der Waals surface area contributed by atoms with E-state index in [1.165, 1.54) is 0 Å². The number of rotatable bonds is 13. The Morgan fingerprint density at radius 2 is 1.90 bits per heavy atom. The number of carbonyl (C=O) groups is 4. The number of nitrogens with two attached hydrogens (primary N) is 2. The molecular formula is C19H35N7O5. The molecule has 9 N–H and O–H groups in total. The molecule has 0 bridgehead atoms. The van der Waals surface area contributed by atoms with Crippen molar-refractivity contribution in [1.29, 1.82) is 0 Å². The van der Waals surface area contributed by atoms with Crippen LogP contribution < -0.4 is 32.7 Å². The number of carboxylic acids is 1. The quantitative estimate of drug-likeness (QED) is 0.0966. The fourth-order valence-electron chi connectivity index (χ4n) is 3.18. The highest BCUT2D eigenvalue weighted by Crippen LogP contribution is 2.12. The first-order valence-electron chi connectivity index (χ1n) is 10.5. The van der Waals surface area contributed by atoms with E-state index in [-0.39, 0.29) is 36.8 Å². The predicted octanol–water partition coefficient (Wildman–Crippen LogP) is -1.99. The average Bonchev–Trinajstić information content (AvgIpc) is 3.26. The minimum absolute atomic E-state index is 0.0871. The van der Waals surface area contributed by atoms with E-state index < -0.39 is 36.4 Å². The van der Waals surface area contributed by atoms with Crippen LogP contribution in [0.3, 0.4) is 0 Å². The van der Waals surface area contributed by atoms with Gasteiger partial charge in [-0.2, -0.15) is 0 Å². The summed E-state index contributed by atoms with van der Waals surface area (Å²) in [5, 5.41) is 19.6. The van der Waals surface area contributed by atoms with E-state index in [9.17, 15) is 19.2 Å². The lowest BCUT2D eigenvalue weighted by molar-refractivity contribution is -0.138. The number of nitrogens with one attached hydrogen (secondary N) is 4. The Balaban J connectivity index is 2.84. The topological polar surface area (TPSA) is 201 Å². The van der Waals surface area contributed by atoms with Crippen molar-refractivity contribution in [2.24, 2.45) is 22.4 Å². The molecular weight excluding hydrogens is 406 g/mol. The van der Waals surface area contributed by atoms with Gasteiger partial charge >= 0.3 is 5.97 Å². The van der Waals surface area contributed by atoms with Crippen LogP contribution in [-0.2, 0) is 19.2 Å². The monoisotopic (exact) mass is 441 g/mol. The molecule has 3 amide bonds. The Kier molecular flexibility index (Phi) is 11.3. The third kappa shape index (κ3) is 9.64. The Morgan fingerprint density at radius 3 is 2.45 bits per heavy atom. The van der Waals surface area contributed by atoms with Crippen LogP contribution in [-0.4, -0.2) is 72.5 Å². The lowest BCUT2D eigenvalue weighted by Gasteiger charge is -2.27. The molecule has 0 spiro atoms. The van der Waals surface area contributed by atoms with E-state index in [0.717, 1.165) is 13.0 Å². The maximum absolute atomic E-state index is 13.0. The number of amides is 3. The summed E-state index contributed by atoms with van der Waals surface area (Å²) in [4.78, 5) is 52.5. The number of nitrogens with zero attached hydrogens (tertiary/aromatic N) is 1. The molecule has 0 aliphatic carbocycles. The van der Waals surface area contributed by atoms with Gasteiger partial charge in [0.25, 0.3) is 0 Å². The first kappa shape index (κ1) is 26.1. The highest BCUT2D eigenvalue weighted by atomic mass is 16.4. The van der Waals surface area contributed by atoms with E-state index in [1.807, 2.05) is 13.8 Å². The van der Waals surface area contributed by atoms with Gasteiger partial charge in [0.2, 0.25) is 17.7 Å². The Labute approximate surface area is 182 Å². The van der Waals surface area contributed by atoms with E-state index >= 15 is 0 Å². The first-order valence-corrected chi connectivity index (χ1v) is 10.5. The summed E-state index contributed by atoms with van der Waals surface area (Å²) in [7, 11) is 0. The maximum atomic E-state index is 13.0. The maximum Gasteiger partial charge on any atom is 0.322 e. The number of carboxylic acid groups (broad SMARTS) is 1. The molecule has 1 heterocycles. The summed E-state index contributed by atoms with van der Waals surface area (Å²) in [6.45, 7) is 4.17. The zero-order valence-electron chi connectivity index (χ0n) is 18.1. The highest BCUT2D eigenvalue weighted by Gasteiger charge is 2.32. The fourth-order valence-corrected chi connectivity index (χ4v) is 3.18. The van der Waals surface area contributed by atoms with Gasteiger partial charge in [-0.25, -0.2) is 0 Å². The van der Waals surface area contributed by atoms with Crippen molar-refractivity contribution in [3.05, 3.63) is 0 Å². The zero-order valence-corrected chi connectivity index (χ0v) is 18.1. The molecule has 0 aromatic rings. The number of aliphatic imine (C=N–C) groups is 1. The van der Waals surface area contributed by atoms with Crippen LogP contribution in [0.15, 0.2) is 4.99 Å². The summed E-state index contributed by atoms with van der Waals surface area (Å²) in [6.07, 6.45) is 2.80. The molecule has 0 aromatic heterocycles. The summed E-state index contributed by atoms with van der Waals surface area (Å²) in [5.74, 6) is -2.85. The van der Waals surface area contributed by atoms with Gasteiger partial charge in [-0.15, -0.1) is 0 Å². The number of hydrogen-bond donors (Lipinski definition) is 7. The molecule has 176 valence electrons. The molecule has 1 saturated heterocycles. The Morgan fingerprint density at radius 1 is 1.19 bits per heavy atom. The molecule has 12 heteroatoms. The van der Waals surface area contributed by atoms with Crippen molar-refractivity contribution in [2.75, 3.05) is 19.6 Å². The second-order valence-electron chi connectivity index (χ2n) is 7.64. The molecule has 1 fully saturated rings. The van der Waals surface area contributed by atoms with Crippen LogP contribution in [0.2, 0.25) is 0 Å². The van der Waals surface area contributed by atoms with Crippen LogP contribution in [0.1, 0.15) is 46.0 Å². The van der Waals surface area contributed by atoms with Gasteiger partial charge in [0.05, 0.1) is 6.04 Å². The van der Waals surface area contributed by atoms with E-state index in [1.54, 1.807) is 0 Å². The molecule has 0 radical (unpaired) electrons. The molecule has 12 nitrogen and oxygen atoms in total. The highest BCUT2D eigenvalue weighted by molar-refractivity contribution is 5.93. The van der Waals surface area contributed by atoms with Crippen molar-refractivity contribution < 1.29 is 24.3 Å². The van der Waals surface area contributed by atoms with Gasteiger partial charge in [-0.3, -0.25) is 24.2 Å². The van der Waals surface area contributed by atoms with Crippen LogP contribution in [0.4, 0.5) is 0 Å². The van der Waals surface area contributed by atoms with Gasteiger partial charge in [0, 0.05) is 6.54 Å². The minimum Gasteiger partial charge on any atom is -0.480 e. The molecule has 1 aliphatic heterocycles. The van der Waals surface area contributed by atoms with Crippen LogP contribution in [0.25, 0.3) is 0 Å². The van der Waals surface area contributed by atoms with Crippen molar-refractivity contribution >= 4 is 29.7 Å². The summed E-state index contributed by atoms with van der Waals surface area (Å²) in [5.41, 5.74) is 10.6. The largest absolute Gasteiger partial charge is 0.480 e. The van der Waals surface area contributed by atoms with Crippen LogP contribution in [0, 0.1) is 5.92 Å². The van der Waals surface area contributed by atoms with E-state index in [4.69, 9.17) is 16.6 Å². The van der Waals surface area contributed by atoms with Crippen molar-refractivity contribution in [2.45, 2.75) is 64.1 Å². The average molecular weight is 442 g/mol. The number of carbonyl (C=O) groups excluding carboxylic acids is 3. The molecule has 31 heavy (non-hydrogen) atoms. The fraction of sp³-hybridized carbons (Fsp3) is 0.737. The van der Waals surface area contributed by atoms with Crippen molar-refractivity contribution in [3.8, 4) is 0 Å². The lowest BCUT2D eigenvalue weighted by Crippen LogP contribution is -2.57. The third-order valence-electron chi connectivity index (χ3n) is 5.16. The Bertz CT molecular complexity index is 660. The smallest absolute Gasteiger partial charge is 0.322 e. The summed E-state index contributed by atoms with van der Waals surface area (Å²) in [6, 6.07) is -2.16. The normalized spacial score (nSPS) is 18.3. The van der Waals surface area contributed by atoms with Gasteiger partial charge < -0.3 is 37.8 Å². The SMILES string of the molecule is CCC(C)C(NC(=O)C1CCCN1)C(=O)NC(CCCN=C(N)N)C(=O)NCC(=O)O. The van der Waals surface area contributed by atoms with Gasteiger partial charge in [-0.1, -0.05) is 20.3 Å². The van der Waals surface area contributed by atoms with Crippen molar-refractivity contribution in [1.82, 2.24) is 21.3 Å². The van der Waals surface area contributed by atoms with Crippen LogP contribution >= 0.6 is 0 Å². The molecule has 4 atom stereocenters. The number of hydrogen-bond acceptors (Lipinski definition) is 6. The molecule has 0 saturated carbocycles. The zero-order chi connectivity index (χ0) is 23.4. The second kappa shape index (κ2) is 13.4. The number of guanidine groups is 1. The summed E-state index contributed by atoms with van der Waals surface area (Å²) >= 11 is 0. The second-order valence-corrected chi connectivity index (χ2v) is 7.64. The van der Waals surface area contributed by atoms with Gasteiger partial charge in [-0.05, 0) is 38.1 Å². The number of aliphatic carboxylic acids is 1. The van der Waals surface area contributed by atoms with Crippen LogP contribution in [0.5, 0.6) is 0 Å². The molecule has 1 aliphatic rings. The standard InChI is InChI=1S/C19H35N7O5/c1-3-11(2)15(26-17(30)12-6-4-8-22-12)18(31)25-13(7-5-9-23-19(20)21)16(29)24-10-14(27)28/h11-13,15,22H,3-10H2,1-2H3,(H,24,29)(H,25,31)(H,26,30)(H,27,28)(H4,20,21,23). The van der Waals surface area contributed by atoms with E-state index in [2.05, 4.69) is 26.3 Å².